The molecule has 0 saturated heterocycles. The fourth-order valence-electron chi connectivity index (χ4n) is 2.40. The molecule has 0 saturated carbocycles. The number of rotatable bonds is 2. The SMILES string of the molecule is O=C(O)c1nc(-c2ccccc2F)n2c1CCC2. The van der Waals surface area contributed by atoms with Crippen LogP contribution in [0.15, 0.2) is 24.3 Å². The Kier molecular flexibility index (Phi) is 2.40. The van der Waals surface area contributed by atoms with Gasteiger partial charge in [-0.25, -0.2) is 14.2 Å². The molecular formula is C13H11FN2O2. The fraction of sp³-hybridized carbons (Fsp3) is 0.231. The second-order valence-electron chi connectivity index (χ2n) is 4.27. The van der Waals surface area contributed by atoms with Crippen molar-refractivity contribution >= 4 is 5.97 Å². The average molecular weight is 246 g/mol. The van der Waals surface area contributed by atoms with E-state index in [-0.39, 0.29) is 11.5 Å². The van der Waals surface area contributed by atoms with Crippen LogP contribution in [0, 0.1) is 5.82 Å². The number of hydrogen-bond donors (Lipinski definition) is 1. The van der Waals surface area contributed by atoms with Crippen molar-refractivity contribution in [3.05, 3.63) is 41.5 Å². The van der Waals surface area contributed by atoms with Gasteiger partial charge in [-0.3, -0.25) is 0 Å². The molecule has 1 aliphatic rings. The summed E-state index contributed by atoms with van der Waals surface area (Å²) < 4.78 is 15.6. The Morgan fingerprint density at radius 2 is 2.17 bits per heavy atom. The Morgan fingerprint density at radius 1 is 1.39 bits per heavy atom. The first kappa shape index (κ1) is 11.0. The standard InChI is InChI=1S/C13H11FN2O2/c14-9-5-2-1-4-8(9)12-15-11(13(17)18)10-6-3-7-16(10)12/h1-2,4-5H,3,6-7H2,(H,17,18). The van der Waals surface area contributed by atoms with Gasteiger partial charge in [-0.2, -0.15) is 0 Å². The lowest BCUT2D eigenvalue weighted by Gasteiger charge is -2.04. The highest BCUT2D eigenvalue weighted by molar-refractivity contribution is 5.88. The summed E-state index contributed by atoms with van der Waals surface area (Å²) in [5.41, 5.74) is 1.10. The zero-order valence-corrected chi connectivity index (χ0v) is 9.56. The molecule has 0 fully saturated rings. The molecule has 1 aromatic heterocycles. The topological polar surface area (TPSA) is 55.1 Å². The molecule has 1 N–H and O–H groups in total. The zero-order chi connectivity index (χ0) is 12.7. The number of carbonyl (C=O) groups is 1. The summed E-state index contributed by atoms with van der Waals surface area (Å²) in [6.45, 7) is 0.694. The minimum absolute atomic E-state index is 0.0470. The molecule has 0 radical (unpaired) electrons. The largest absolute Gasteiger partial charge is 0.476 e. The molecule has 2 heterocycles. The smallest absolute Gasteiger partial charge is 0.356 e. The number of aromatic nitrogens is 2. The number of benzene rings is 1. The third-order valence-electron chi connectivity index (χ3n) is 3.19. The van der Waals surface area contributed by atoms with Gasteiger partial charge in [0.05, 0.1) is 11.3 Å². The van der Waals surface area contributed by atoms with E-state index in [2.05, 4.69) is 4.98 Å². The molecule has 1 aliphatic heterocycles. The maximum Gasteiger partial charge on any atom is 0.356 e. The highest BCUT2D eigenvalue weighted by atomic mass is 19.1. The van der Waals surface area contributed by atoms with Crippen LogP contribution in [0.4, 0.5) is 4.39 Å². The summed E-state index contributed by atoms with van der Waals surface area (Å²) in [7, 11) is 0. The predicted molar refractivity (Wildman–Crippen MR) is 62.9 cm³/mol. The lowest BCUT2D eigenvalue weighted by molar-refractivity contribution is 0.0690. The molecule has 2 aromatic rings. The Labute approximate surface area is 103 Å². The molecule has 0 bridgehead atoms. The van der Waals surface area contributed by atoms with Gasteiger partial charge >= 0.3 is 5.97 Å². The number of carboxylic acids is 1. The summed E-state index contributed by atoms with van der Waals surface area (Å²) in [6.07, 6.45) is 1.56. The summed E-state index contributed by atoms with van der Waals surface area (Å²) in [5, 5.41) is 9.11. The first-order valence-electron chi connectivity index (χ1n) is 5.76. The molecular weight excluding hydrogens is 235 g/mol. The fourth-order valence-corrected chi connectivity index (χ4v) is 2.40. The summed E-state index contributed by atoms with van der Waals surface area (Å²) in [4.78, 5) is 15.2. The van der Waals surface area contributed by atoms with Crippen molar-refractivity contribution in [2.24, 2.45) is 0 Å². The molecule has 3 rings (SSSR count). The molecule has 18 heavy (non-hydrogen) atoms. The van der Waals surface area contributed by atoms with E-state index in [0.29, 0.717) is 30.0 Å². The molecule has 1 aromatic carbocycles. The van der Waals surface area contributed by atoms with Gasteiger partial charge in [0.2, 0.25) is 0 Å². The van der Waals surface area contributed by atoms with E-state index >= 15 is 0 Å². The van der Waals surface area contributed by atoms with Gasteiger partial charge in [0.15, 0.2) is 5.69 Å². The minimum atomic E-state index is -1.05. The van der Waals surface area contributed by atoms with Crippen molar-refractivity contribution in [1.29, 1.82) is 0 Å². The van der Waals surface area contributed by atoms with Crippen molar-refractivity contribution in [2.45, 2.75) is 19.4 Å². The molecule has 92 valence electrons. The van der Waals surface area contributed by atoms with Crippen LogP contribution in [-0.2, 0) is 13.0 Å². The highest BCUT2D eigenvalue weighted by Gasteiger charge is 2.26. The van der Waals surface area contributed by atoms with Crippen LogP contribution in [0.3, 0.4) is 0 Å². The summed E-state index contributed by atoms with van der Waals surface area (Å²) in [6, 6.07) is 6.29. The van der Waals surface area contributed by atoms with Crippen LogP contribution >= 0.6 is 0 Å². The van der Waals surface area contributed by atoms with Crippen molar-refractivity contribution in [2.75, 3.05) is 0 Å². The maximum atomic E-state index is 13.8. The van der Waals surface area contributed by atoms with E-state index in [4.69, 9.17) is 5.11 Å². The Balaban J connectivity index is 2.23. The predicted octanol–water partition coefficient (Wildman–Crippen LogP) is 2.33. The van der Waals surface area contributed by atoms with Crippen LogP contribution in [0.25, 0.3) is 11.4 Å². The minimum Gasteiger partial charge on any atom is -0.476 e. The molecule has 4 nitrogen and oxygen atoms in total. The monoisotopic (exact) mass is 246 g/mol. The third kappa shape index (κ3) is 1.51. The molecule has 0 spiro atoms. The second kappa shape index (κ2) is 3.94. The van der Waals surface area contributed by atoms with Gasteiger partial charge in [0.25, 0.3) is 0 Å². The van der Waals surface area contributed by atoms with Crippen LogP contribution in [0.2, 0.25) is 0 Å². The van der Waals surface area contributed by atoms with Gasteiger partial charge in [0.1, 0.15) is 11.6 Å². The van der Waals surface area contributed by atoms with E-state index in [9.17, 15) is 9.18 Å². The Bertz CT molecular complexity index is 634. The van der Waals surface area contributed by atoms with Crippen LogP contribution in [0.1, 0.15) is 22.6 Å². The Hall–Kier alpha value is -2.17. The van der Waals surface area contributed by atoms with Crippen LogP contribution in [-0.4, -0.2) is 20.6 Å². The Morgan fingerprint density at radius 3 is 2.89 bits per heavy atom. The van der Waals surface area contributed by atoms with Crippen molar-refractivity contribution in [1.82, 2.24) is 9.55 Å². The average Bonchev–Trinajstić information content (AvgIpc) is 2.90. The van der Waals surface area contributed by atoms with Gasteiger partial charge in [-0.15, -0.1) is 0 Å². The van der Waals surface area contributed by atoms with E-state index in [1.807, 2.05) is 4.57 Å². The lowest BCUT2D eigenvalue weighted by atomic mass is 10.2. The first-order valence-corrected chi connectivity index (χ1v) is 5.76. The van der Waals surface area contributed by atoms with Crippen LogP contribution < -0.4 is 0 Å². The van der Waals surface area contributed by atoms with Crippen LogP contribution in [0.5, 0.6) is 0 Å². The maximum absolute atomic E-state index is 13.8. The first-order chi connectivity index (χ1) is 8.68. The second-order valence-corrected chi connectivity index (χ2v) is 4.27. The molecule has 0 amide bonds. The van der Waals surface area contributed by atoms with Crippen molar-refractivity contribution in [3.63, 3.8) is 0 Å². The number of aromatic carboxylic acids is 1. The highest BCUT2D eigenvalue weighted by Crippen LogP contribution is 2.29. The van der Waals surface area contributed by atoms with E-state index < -0.39 is 5.97 Å². The zero-order valence-electron chi connectivity index (χ0n) is 9.56. The molecule has 0 atom stereocenters. The normalized spacial score (nSPS) is 13.6. The van der Waals surface area contributed by atoms with Crippen molar-refractivity contribution < 1.29 is 14.3 Å². The quantitative estimate of drug-likeness (QED) is 0.884. The molecule has 5 heteroatoms. The van der Waals surface area contributed by atoms with Gasteiger partial charge < -0.3 is 9.67 Å². The lowest BCUT2D eigenvalue weighted by Crippen LogP contribution is -2.00. The number of halogens is 1. The number of carboxylic acid groups (broad SMARTS) is 1. The van der Waals surface area contributed by atoms with Gasteiger partial charge in [-0.1, -0.05) is 12.1 Å². The number of fused-ring (bicyclic) bond motifs is 1. The molecule has 0 unspecified atom stereocenters. The van der Waals surface area contributed by atoms with Crippen molar-refractivity contribution in [3.8, 4) is 11.4 Å². The van der Waals surface area contributed by atoms with E-state index in [0.717, 1.165) is 6.42 Å². The van der Waals surface area contributed by atoms with E-state index in [1.54, 1.807) is 18.2 Å². The van der Waals surface area contributed by atoms with E-state index in [1.165, 1.54) is 6.07 Å². The summed E-state index contributed by atoms with van der Waals surface area (Å²) in [5.74, 6) is -1.02. The third-order valence-corrected chi connectivity index (χ3v) is 3.19. The number of imidazole rings is 1. The number of hydrogen-bond acceptors (Lipinski definition) is 2. The number of nitrogens with zero attached hydrogens (tertiary/aromatic N) is 2. The van der Waals surface area contributed by atoms with Gasteiger partial charge in [-0.05, 0) is 25.0 Å². The molecule has 0 aliphatic carbocycles. The summed E-state index contributed by atoms with van der Waals surface area (Å²) >= 11 is 0. The van der Waals surface area contributed by atoms with Gasteiger partial charge in [0, 0.05) is 6.54 Å².